The molecule has 0 N–H and O–H groups in total. The average Bonchev–Trinajstić information content (AvgIpc) is 2.58. The Morgan fingerprint density at radius 1 is 0.955 bits per heavy atom. The van der Waals surface area contributed by atoms with E-state index in [0.29, 0.717) is 11.3 Å². The number of rotatable bonds is 3. The minimum absolute atomic E-state index is 0.370. The van der Waals surface area contributed by atoms with Gasteiger partial charge in [0.1, 0.15) is 11.5 Å². The highest BCUT2D eigenvalue weighted by molar-refractivity contribution is 5.96. The van der Waals surface area contributed by atoms with Crippen LogP contribution < -0.4 is 4.74 Å². The SMILES string of the molecule is COc1ccc(C2=C(C)C(=O)OC(c3ccccc3)O2)cc1. The first-order valence-corrected chi connectivity index (χ1v) is 6.97. The smallest absolute Gasteiger partial charge is 0.340 e. The van der Waals surface area contributed by atoms with E-state index in [1.807, 2.05) is 54.6 Å². The van der Waals surface area contributed by atoms with E-state index < -0.39 is 6.29 Å². The Bertz CT molecular complexity index is 702. The predicted molar refractivity (Wildman–Crippen MR) is 81.9 cm³/mol. The summed E-state index contributed by atoms with van der Waals surface area (Å²) in [5.41, 5.74) is 2.07. The van der Waals surface area contributed by atoms with Crippen LogP contribution in [0.3, 0.4) is 0 Å². The summed E-state index contributed by atoms with van der Waals surface area (Å²) in [5, 5.41) is 0. The molecule has 2 aromatic carbocycles. The molecular formula is C18H16O4. The van der Waals surface area contributed by atoms with Crippen molar-refractivity contribution in [2.24, 2.45) is 0 Å². The van der Waals surface area contributed by atoms with Crippen LogP contribution in [0, 0.1) is 0 Å². The van der Waals surface area contributed by atoms with E-state index in [-0.39, 0.29) is 5.97 Å². The van der Waals surface area contributed by atoms with E-state index in [0.717, 1.165) is 16.9 Å². The van der Waals surface area contributed by atoms with E-state index in [1.165, 1.54) is 0 Å². The molecule has 0 aliphatic carbocycles. The van der Waals surface area contributed by atoms with Crippen molar-refractivity contribution in [1.29, 1.82) is 0 Å². The highest BCUT2D eigenvalue weighted by atomic mass is 16.7. The third-order valence-corrected chi connectivity index (χ3v) is 3.51. The second-order valence-corrected chi connectivity index (χ2v) is 4.95. The second kappa shape index (κ2) is 5.93. The molecule has 0 bridgehead atoms. The first-order chi connectivity index (χ1) is 10.7. The monoisotopic (exact) mass is 296 g/mol. The molecule has 4 heteroatoms. The lowest BCUT2D eigenvalue weighted by Gasteiger charge is -2.27. The Morgan fingerprint density at radius 3 is 2.27 bits per heavy atom. The minimum Gasteiger partial charge on any atom is -0.497 e. The summed E-state index contributed by atoms with van der Waals surface area (Å²) in [7, 11) is 1.61. The van der Waals surface area contributed by atoms with E-state index in [9.17, 15) is 4.79 Å². The maximum Gasteiger partial charge on any atom is 0.340 e. The van der Waals surface area contributed by atoms with E-state index in [4.69, 9.17) is 14.2 Å². The highest BCUT2D eigenvalue weighted by Gasteiger charge is 2.29. The van der Waals surface area contributed by atoms with Gasteiger partial charge in [0.15, 0.2) is 0 Å². The van der Waals surface area contributed by atoms with Crippen LogP contribution in [0.4, 0.5) is 0 Å². The number of benzene rings is 2. The fourth-order valence-electron chi connectivity index (χ4n) is 2.27. The molecule has 22 heavy (non-hydrogen) atoms. The fraction of sp³-hybridized carbons (Fsp3) is 0.167. The van der Waals surface area contributed by atoms with Gasteiger partial charge >= 0.3 is 5.97 Å². The van der Waals surface area contributed by atoms with Crippen molar-refractivity contribution in [3.63, 3.8) is 0 Å². The summed E-state index contributed by atoms with van der Waals surface area (Å²) in [6.45, 7) is 1.70. The zero-order valence-corrected chi connectivity index (χ0v) is 12.4. The molecule has 0 amide bonds. The van der Waals surface area contributed by atoms with Gasteiger partial charge in [-0.25, -0.2) is 4.79 Å². The molecule has 1 atom stereocenters. The molecule has 0 saturated heterocycles. The van der Waals surface area contributed by atoms with Gasteiger partial charge in [-0.15, -0.1) is 0 Å². The Kier molecular flexibility index (Phi) is 3.83. The summed E-state index contributed by atoms with van der Waals surface area (Å²) in [6, 6.07) is 16.8. The van der Waals surface area contributed by atoms with Gasteiger partial charge in [-0.2, -0.15) is 0 Å². The molecule has 3 rings (SSSR count). The van der Waals surface area contributed by atoms with Gasteiger partial charge < -0.3 is 14.2 Å². The van der Waals surface area contributed by atoms with E-state index >= 15 is 0 Å². The standard InChI is InChI=1S/C18H16O4/c1-12-16(13-8-10-15(20-2)11-9-13)21-18(22-17(12)19)14-6-4-3-5-7-14/h3-11,18H,1-2H3. The largest absolute Gasteiger partial charge is 0.497 e. The Morgan fingerprint density at radius 2 is 1.64 bits per heavy atom. The molecule has 0 radical (unpaired) electrons. The summed E-state index contributed by atoms with van der Waals surface area (Å²) < 4.78 is 16.4. The van der Waals surface area contributed by atoms with Crippen LogP contribution in [0.25, 0.3) is 5.76 Å². The molecule has 1 aliphatic heterocycles. The third-order valence-electron chi connectivity index (χ3n) is 3.51. The average molecular weight is 296 g/mol. The molecule has 112 valence electrons. The number of carbonyl (C=O) groups is 1. The van der Waals surface area contributed by atoms with Crippen molar-refractivity contribution < 1.29 is 19.0 Å². The van der Waals surface area contributed by atoms with Crippen molar-refractivity contribution in [3.8, 4) is 5.75 Å². The number of ether oxygens (including phenoxy) is 3. The predicted octanol–water partition coefficient (Wildman–Crippen LogP) is 3.70. The maximum atomic E-state index is 12.1. The van der Waals surface area contributed by atoms with Crippen molar-refractivity contribution in [1.82, 2.24) is 0 Å². The molecule has 1 aliphatic rings. The second-order valence-electron chi connectivity index (χ2n) is 4.95. The molecule has 0 fully saturated rings. The van der Waals surface area contributed by atoms with Crippen LogP contribution in [-0.4, -0.2) is 13.1 Å². The summed E-state index contributed by atoms with van der Waals surface area (Å²) in [5.74, 6) is 0.915. The number of cyclic esters (lactones) is 1. The number of esters is 1. The quantitative estimate of drug-likeness (QED) is 0.810. The first kappa shape index (κ1) is 14.2. The molecule has 0 aromatic heterocycles. The minimum atomic E-state index is -0.727. The lowest BCUT2D eigenvalue weighted by Crippen LogP contribution is -2.21. The van der Waals surface area contributed by atoms with Crippen molar-refractivity contribution in [2.75, 3.05) is 7.11 Å². The summed E-state index contributed by atoms with van der Waals surface area (Å²) >= 11 is 0. The zero-order valence-electron chi connectivity index (χ0n) is 12.4. The molecule has 0 spiro atoms. The van der Waals surface area contributed by atoms with Crippen LogP contribution in [0.5, 0.6) is 5.75 Å². The number of hydrogen-bond acceptors (Lipinski definition) is 4. The van der Waals surface area contributed by atoms with Gasteiger partial charge in [0.05, 0.1) is 12.7 Å². The summed E-state index contributed by atoms with van der Waals surface area (Å²) in [4.78, 5) is 12.1. The van der Waals surface area contributed by atoms with Gasteiger partial charge in [0.25, 0.3) is 6.29 Å². The molecule has 1 heterocycles. The zero-order chi connectivity index (χ0) is 15.5. The van der Waals surface area contributed by atoms with Crippen LogP contribution in [-0.2, 0) is 14.3 Å². The Hall–Kier alpha value is -2.75. The molecule has 0 saturated carbocycles. The normalized spacial score (nSPS) is 17.7. The number of carbonyl (C=O) groups excluding carboxylic acids is 1. The number of hydrogen-bond donors (Lipinski definition) is 0. The van der Waals surface area contributed by atoms with Gasteiger partial charge in [-0.1, -0.05) is 30.3 Å². The van der Waals surface area contributed by atoms with Crippen LogP contribution in [0.2, 0.25) is 0 Å². The van der Waals surface area contributed by atoms with Crippen LogP contribution in [0.1, 0.15) is 24.3 Å². The van der Waals surface area contributed by atoms with Crippen LogP contribution in [0.15, 0.2) is 60.2 Å². The molecule has 2 aromatic rings. The van der Waals surface area contributed by atoms with Gasteiger partial charge in [0, 0.05) is 11.1 Å². The van der Waals surface area contributed by atoms with Gasteiger partial charge in [-0.05, 0) is 31.2 Å². The Labute approximate surface area is 128 Å². The number of methoxy groups -OCH3 is 1. The lowest BCUT2D eigenvalue weighted by atomic mass is 10.1. The van der Waals surface area contributed by atoms with Gasteiger partial charge in [0.2, 0.25) is 0 Å². The molecule has 1 unspecified atom stereocenters. The van der Waals surface area contributed by atoms with Crippen molar-refractivity contribution >= 4 is 11.7 Å². The molecular weight excluding hydrogens is 280 g/mol. The van der Waals surface area contributed by atoms with E-state index in [2.05, 4.69) is 0 Å². The maximum absolute atomic E-state index is 12.1. The highest BCUT2D eigenvalue weighted by Crippen LogP contribution is 2.35. The molecule has 4 nitrogen and oxygen atoms in total. The topological polar surface area (TPSA) is 44.8 Å². The van der Waals surface area contributed by atoms with Crippen LogP contribution >= 0.6 is 0 Å². The lowest BCUT2D eigenvalue weighted by molar-refractivity contribution is -0.168. The summed E-state index contributed by atoms with van der Waals surface area (Å²) in [6.07, 6.45) is -0.727. The van der Waals surface area contributed by atoms with Crippen molar-refractivity contribution in [3.05, 3.63) is 71.3 Å². The van der Waals surface area contributed by atoms with Crippen molar-refractivity contribution in [2.45, 2.75) is 13.2 Å². The van der Waals surface area contributed by atoms with Gasteiger partial charge in [-0.3, -0.25) is 0 Å². The Balaban J connectivity index is 1.94. The first-order valence-electron chi connectivity index (χ1n) is 6.97. The van der Waals surface area contributed by atoms with E-state index in [1.54, 1.807) is 14.0 Å². The fourth-order valence-corrected chi connectivity index (χ4v) is 2.27. The third kappa shape index (κ3) is 2.68.